The van der Waals surface area contributed by atoms with Crippen LogP contribution in [-0.2, 0) is 0 Å². The molecule has 0 bridgehead atoms. The van der Waals surface area contributed by atoms with Gasteiger partial charge in [0.1, 0.15) is 9.71 Å². The predicted octanol–water partition coefficient (Wildman–Crippen LogP) is 5.08. The maximum absolute atomic E-state index is 13.4. The Morgan fingerprint density at radius 2 is 2.26 bits per heavy atom. The van der Waals surface area contributed by atoms with Crippen molar-refractivity contribution in [3.8, 4) is 0 Å². The normalized spacial score (nSPS) is 18.1. The number of pyridine rings is 1. The second-order valence-electron chi connectivity index (χ2n) is 8.39. The highest BCUT2D eigenvalue weighted by molar-refractivity contribution is 7.21. The molecule has 0 unspecified atom stereocenters. The Balaban J connectivity index is 1.53. The van der Waals surface area contributed by atoms with Crippen LogP contribution >= 0.6 is 11.3 Å². The summed E-state index contributed by atoms with van der Waals surface area (Å²) < 4.78 is 0. The Hall–Kier alpha value is -3.82. The van der Waals surface area contributed by atoms with Crippen molar-refractivity contribution in [3.05, 3.63) is 65.3 Å². The number of thiophene rings is 1. The minimum atomic E-state index is -0.320. The number of carbonyl (C=O) groups excluding carboxylic acids is 2. The van der Waals surface area contributed by atoms with Crippen LogP contribution in [0.5, 0.6) is 0 Å². The number of carbonyl (C=O) groups is 2. The molecule has 1 atom stereocenters. The Bertz CT molecular complexity index is 1370. The summed E-state index contributed by atoms with van der Waals surface area (Å²) in [7, 11) is 0. The minimum absolute atomic E-state index is 0.0748. The predicted molar refractivity (Wildman–Crippen MR) is 143 cm³/mol. The Morgan fingerprint density at radius 1 is 1.37 bits per heavy atom. The standard InChI is InChI=1S/C26H26N6O2S/c1-3-16(9-12-27-2)17-6-4-8-19(14-17)32-20-10-13-29-25-21(20)22(31-26(32)34)23(35-25)24(33)30-18-7-5-11-28-15-18/h3-4,6,8-10,12-14,18,28H,2,5,7,11,15H2,1H3,(H,30,33)(H,31,34)/b12-9-,16-3+/t18-/m1/s1. The van der Waals surface area contributed by atoms with E-state index in [1.54, 1.807) is 17.3 Å². The lowest BCUT2D eigenvalue weighted by Gasteiger charge is -2.29. The molecule has 0 aliphatic carbocycles. The van der Waals surface area contributed by atoms with Gasteiger partial charge in [-0.1, -0.05) is 18.2 Å². The molecule has 2 aromatic heterocycles. The number of benzene rings is 1. The molecule has 2 aliphatic rings. The SMILES string of the molecule is C=N/C=C\C(=C/C)c1cccc(N2C(=O)Nc3c(C(=O)N[C@@H]4CCCNC4)sc4nccc2c34)c1. The third-order valence-corrected chi connectivity index (χ3v) is 7.29. The average Bonchev–Trinajstić information content (AvgIpc) is 3.25. The zero-order valence-electron chi connectivity index (χ0n) is 19.4. The lowest BCUT2D eigenvalue weighted by atomic mass is 10.0. The average molecular weight is 487 g/mol. The summed E-state index contributed by atoms with van der Waals surface area (Å²) in [6.45, 7) is 7.16. The molecule has 0 spiro atoms. The first-order valence-electron chi connectivity index (χ1n) is 11.5. The van der Waals surface area contributed by atoms with Gasteiger partial charge in [0.25, 0.3) is 5.91 Å². The van der Waals surface area contributed by atoms with E-state index >= 15 is 0 Å². The minimum Gasteiger partial charge on any atom is -0.347 e. The molecule has 9 heteroatoms. The number of urea groups is 1. The second-order valence-corrected chi connectivity index (χ2v) is 9.39. The van der Waals surface area contributed by atoms with E-state index in [9.17, 15) is 9.59 Å². The van der Waals surface area contributed by atoms with Crippen molar-refractivity contribution < 1.29 is 9.59 Å². The van der Waals surface area contributed by atoms with Gasteiger partial charge in [0.2, 0.25) is 0 Å². The molecular formula is C26H26N6O2S. The van der Waals surface area contributed by atoms with Crippen LogP contribution in [0.3, 0.4) is 0 Å². The summed E-state index contributed by atoms with van der Waals surface area (Å²) in [4.78, 5) is 37.6. The van der Waals surface area contributed by atoms with E-state index in [1.165, 1.54) is 11.3 Å². The molecule has 2 aliphatic heterocycles. The van der Waals surface area contributed by atoms with Crippen molar-refractivity contribution in [1.82, 2.24) is 15.6 Å². The molecule has 35 heavy (non-hydrogen) atoms. The maximum atomic E-state index is 13.4. The van der Waals surface area contributed by atoms with Crippen molar-refractivity contribution in [2.45, 2.75) is 25.8 Å². The highest BCUT2D eigenvalue weighted by Gasteiger charge is 2.33. The Kier molecular flexibility index (Phi) is 6.43. The molecule has 178 valence electrons. The van der Waals surface area contributed by atoms with Gasteiger partial charge in [0.15, 0.2) is 0 Å². The summed E-state index contributed by atoms with van der Waals surface area (Å²) >= 11 is 1.30. The molecule has 0 radical (unpaired) electrons. The van der Waals surface area contributed by atoms with Crippen molar-refractivity contribution in [1.29, 1.82) is 0 Å². The monoisotopic (exact) mass is 486 g/mol. The Morgan fingerprint density at radius 3 is 3.03 bits per heavy atom. The highest BCUT2D eigenvalue weighted by Crippen LogP contribution is 2.45. The van der Waals surface area contributed by atoms with Crippen LogP contribution in [0.25, 0.3) is 15.8 Å². The number of anilines is 3. The molecule has 3 amide bonds. The van der Waals surface area contributed by atoms with Crippen LogP contribution in [0, 0.1) is 0 Å². The number of aromatic nitrogens is 1. The number of allylic oxidation sites excluding steroid dienone is 3. The van der Waals surface area contributed by atoms with E-state index in [0.29, 0.717) is 26.8 Å². The fourth-order valence-corrected chi connectivity index (χ4v) is 5.57. The molecule has 3 N–H and O–H groups in total. The lowest BCUT2D eigenvalue weighted by Crippen LogP contribution is -2.45. The van der Waals surface area contributed by atoms with Gasteiger partial charge in [-0.15, -0.1) is 11.3 Å². The first-order valence-corrected chi connectivity index (χ1v) is 12.4. The van der Waals surface area contributed by atoms with Crippen molar-refractivity contribution >= 4 is 62.8 Å². The molecule has 4 heterocycles. The van der Waals surface area contributed by atoms with E-state index in [1.807, 2.05) is 49.4 Å². The molecule has 1 saturated heterocycles. The summed E-state index contributed by atoms with van der Waals surface area (Å²) in [6, 6.07) is 9.30. The number of nitrogens with one attached hydrogen (secondary N) is 3. The van der Waals surface area contributed by atoms with E-state index in [0.717, 1.165) is 42.5 Å². The number of amides is 3. The molecular weight excluding hydrogens is 460 g/mol. The molecule has 1 fully saturated rings. The molecule has 3 aromatic rings. The van der Waals surface area contributed by atoms with Gasteiger partial charge in [0, 0.05) is 25.0 Å². The third-order valence-electron chi connectivity index (χ3n) is 6.19. The summed E-state index contributed by atoms with van der Waals surface area (Å²) in [5.74, 6) is -0.182. The fraction of sp³-hybridized carbons (Fsp3) is 0.231. The highest BCUT2D eigenvalue weighted by atomic mass is 32.1. The van der Waals surface area contributed by atoms with E-state index in [2.05, 4.69) is 32.6 Å². The number of aliphatic imine (C=N–C) groups is 1. The first-order chi connectivity index (χ1) is 17.1. The zero-order valence-corrected chi connectivity index (χ0v) is 20.2. The zero-order chi connectivity index (χ0) is 24.4. The van der Waals surface area contributed by atoms with E-state index in [4.69, 9.17) is 0 Å². The van der Waals surface area contributed by atoms with Crippen molar-refractivity contribution in [3.63, 3.8) is 0 Å². The number of hydrogen-bond acceptors (Lipinski definition) is 6. The number of nitrogens with zero attached hydrogens (tertiary/aromatic N) is 3. The Labute approximate surface area is 207 Å². The van der Waals surface area contributed by atoms with Gasteiger partial charge in [-0.2, -0.15) is 0 Å². The maximum Gasteiger partial charge on any atom is 0.331 e. The third kappa shape index (κ3) is 4.36. The van der Waals surface area contributed by atoms with Gasteiger partial charge >= 0.3 is 6.03 Å². The summed E-state index contributed by atoms with van der Waals surface area (Å²) in [5.41, 5.74) is 3.85. The van der Waals surface area contributed by atoms with Crippen molar-refractivity contribution in [2.24, 2.45) is 4.99 Å². The van der Waals surface area contributed by atoms with Gasteiger partial charge in [-0.25, -0.2) is 9.78 Å². The fourth-order valence-electron chi connectivity index (χ4n) is 4.54. The quantitative estimate of drug-likeness (QED) is 0.334. The number of rotatable bonds is 6. The molecule has 8 nitrogen and oxygen atoms in total. The van der Waals surface area contributed by atoms with Crippen LogP contribution in [0.4, 0.5) is 21.9 Å². The second kappa shape index (κ2) is 9.81. The van der Waals surface area contributed by atoms with Gasteiger partial charge in [0.05, 0.1) is 22.4 Å². The molecule has 5 rings (SSSR count). The summed E-state index contributed by atoms with van der Waals surface area (Å²) in [6.07, 6.45) is 9.12. The van der Waals surface area contributed by atoms with Gasteiger partial charge in [-0.3, -0.25) is 14.7 Å². The number of hydrogen-bond donors (Lipinski definition) is 3. The first kappa shape index (κ1) is 22.9. The summed E-state index contributed by atoms with van der Waals surface area (Å²) in [5, 5.41) is 10.2. The van der Waals surface area contributed by atoms with E-state index < -0.39 is 0 Å². The van der Waals surface area contributed by atoms with Crippen LogP contribution in [0.2, 0.25) is 0 Å². The largest absolute Gasteiger partial charge is 0.347 e. The van der Waals surface area contributed by atoms with Crippen LogP contribution in [0.1, 0.15) is 35.0 Å². The molecule has 1 aromatic carbocycles. The van der Waals surface area contributed by atoms with Crippen molar-refractivity contribution in [2.75, 3.05) is 23.3 Å². The van der Waals surface area contributed by atoms with Crippen LogP contribution in [-0.4, -0.2) is 42.8 Å². The lowest BCUT2D eigenvalue weighted by molar-refractivity contribution is 0.0935. The van der Waals surface area contributed by atoms with E-state index in [-0.39, 0.29) is 18.0 Å². The van der Waals surface area contributed by atoms with Gasteiger partial charge < -0.3 is 16.0 Å². The van der Waals surface area contributed by atoms with Crippen LogP contribution < -0.4 is 20.9 Å². The smallest absolute Gasteiger partial charge is 0.331 e. The van der Waals surface area contributed by atoms with Crippen LogP contribution in [0.15, 0.2) is 59.9 Å². The van der Waals surface area contributed by atoms with Gasteiger partial charge in [-0.05, 0) is 68.4 Å². The topological polar surface area (TPSA) is 98.7 Å². The molecule has 0 saturated carbocycles. The number of piperidine rings is 1.